The van der Waals surface area contributed by atoms with Crippen LogP contribution in [-0.4, -0.2) is 34.1 Å². The molecule has 1 aliphatic heterocycles. The van der Waals surface area contributed by atoms with Gasteiger partial charge in [-0.05, 0) is 55.0 Å². The minimum absolute atomic E-state index is 0.0205. The summed E-state index contributed by atoms with van der Waals surface area (Å²) in [6, 6.07) is 11.8. The molecule has 1 aliphatic rings. The van der Waals surface area contributed by atoms with Gasteiger partial charge in [-0.2, -0.15) is 0 Å². The molecule has 5 nitrogen and oxygen atoms in total. The summed E-state index contributed by atoms with van der Waals surface area (Å²) in [5.74, 6) is 1.18. The second kappa shape index (κ2) is 7.43. The molecule has 1 unspecified atom stereocenters. The predicted molar refractivity (Wildman–Crippen MR) is 95.4 cm³/mol. The molecule has 0 spiro atoms. The predicted octanol–water partition coefficient (Wildman–Crippen LogP) is 3.65. The molecule has 1 aromatic heterocycles. The van der Waals surface area contributed by atoms with Gasteiger partial charge in [-0.3, -0.25) is 4.79 Å². The van der Waals surface area contributed by atoms with Crippen LogP contribution in [-0.2, 0) is 6.42 Å². The number of amides is 1. The number of likely N-dealkylation sites (tertiary alicyclic amines) is 1. The van der Waals surface area contributed by atoms with Crippen LogP contribution in [0, 0.1) is 5.92 Å². The lowest BCUT2D eigenvalue weighted by Gasteiger charge is -2.30. The summed E-state index contributed by atoms with van der Waals surface area (Å²) in [7, 11) is 0. The lowest BCUT2D eigenvalue weighted by molar-refractivity contribution is 0.0676. The van der Waals surface area contributed by atoms with Crippen LogP contribution in [0.1, 0.15) is 42.7 Å². The molecule has 1 aromatic carbocycles. The van der Waals surface area contributed by atoms with Crippen LogP contribution in [0.15, 0.2) is 36.4 Å². The Kier molecular flexibility index (Phi) is 5.08. The standard InChI is InChI=1S/C19H24N4O/c1-3-15-6-8-16(9-7-15)20-18-11-10-17(21-22-18)19(24)23-12-4-5-14(2)13-23/h6-11,14H,3-5,12-13H2,1-2H3,(H,20,22). The molecule has 126 valence electrons. The first-order valence-electron chi connectivity index (χ1n) is 8.64. The third-order valence-corrected chi connectivity index (χ3v) is 4.46. The van der Waals surface area contributed by atoms with E-state index in [-0.39, 0.29) is 5.91 Å². The van der Waals surface area contributed by atoms with Gasteiger partial charge in [0.15, 0.2) is 11.5 Å². The van der Waals surface area contributed by atoms with Crippen molar-refractivity contribution < 1.29 is 4.79 Å². The van der Waals surface area contributed by atoms with E-state index < -0.39 is 0 Å². The smallest absolute Gasteiger partial charge is 0.274 e. The highest BCUT2D eigenvalue weighted by atomic mass is 16.2. The quantitative estimate of drug-likeness (QED) is 0.932. The van der Waals surface area contributed by atoms with Gasteiger partial charge in [0.25, 0.3) is 5.91 Å². The monoisotopic (exact) mass is 324 g/mol. The van der Waals surface area contributed by atoms with Crippen molar-refractivity contribution in [2.45, 2.75) is 33.1 Å². The maximum Gasteiger partial charge on any atom is 0.274 e. The second-order valence-corrected chi connectivity index (χ2v) is 6.48. The van der Waals surface area contributed by atoms with Gasteiger partial charge in [-0.15, -0.1) is 10.2 Å². The zero-order valence-corrected chi connectivity index (χ0v) is 14.3. The summed E-state index contributed by atoms with van der Waals surface area (Å²) in [5.41, 5.74) is 2.67. The molecule has 1 atom stereocenters. The van der Waals surface area contributed by atoms with Gasteiger partial charge >= 0.3 is 0 Å². The summed E-state index contributed by atoms with van der Waals surface area (Å²) in [4.78, 5) is 14.4. The summed E-state index contributed by atoms with van der Waals surface area (Å²) in [5, 5.41) is 11.5. The fraction of sp³-hybridized carbons (Fsp3) is 0.421. The zero-order valence-electron chi connectivity index (χ0n) is 14.3. The summed E-state index contributed by atoms with van der Waals surface area (Å²) >= 11 is 0. The van der Waals surface area contributed by atoms with E-state index in [4.69, 9.17) is 0 Å². The molecule has 5 heteroatoms. The molecule has 0 bridgehead atoms. The topological polar surface area (TPSA) is 58.1 Å². The van der Waals surface area contributed by atoms with Crippen LogP contribution >= 0.6 is 0 Å². The van der Waals surface area contributed by atoms with Gasteiger partial charge < -0.3 is 10.2 Å². The van der Waals surface area contributed by atoms with Gasteiger partial charge in [0.1, 0.15) is 0 Å². The van der Waals surface area contributed by atoms with Gasteiger partial charge in [-0.25, -0.2) is 0 Å². The first kappa shape index (κ1) is 16.4. The highest BCUT2D eigenvalue weighted by Gasteiger charge is 2.23. The van der Waals surface area contributed by atoms with Gasteiger partial charge in [0, 0.05) is 18.8 Å². The molecule has 1 saturated heterocycles. The molecule has 0 saturated carbocycles. The lowest BCUT2D eigenvalue weighted by atomic mass is 10.00. The van der Waals surface area contributed by atoms with Crippen molar-refractivity contribution in [3.63, 3.8) is 0 Å². The number of hydrogen-bond donors (Lipinski definition) is 1. The van der Waals surface area contributed by atoms with E-state index in [1.54, 1.807) is 12.1 Å². The SMILES string of the molecule is CCc1ccc(Nc2ccc(C(=O)N3CCCC(C)C3)nn2)cc1. The third-order valence-electron chi connectivity index (χ3n) is 4.46. The molecule has 0 aliphatic carbocycles. The van der Waals surface area contributed by atoms with Crippen LogP contribution in [0.5, 0.6) is 0 Å². The average Bonchev–Trinajstić information content (AvgIpc) is 2.62. The number of hydrogen-bond acceptors (Lipinski definition) is 4. The Morgan fingerprint density at radius 3 is 2.62 bits per heavy atom. The number of aryl methyl sites for hydroxylation is 1. The number of aromatic nitrogens is 2. The van der Waals surface area contributed by atoms with Crippen LogP contribution in [0.25, 0.3) is 0 Å². The fourth-order valence-electron chi connectivity index (χ4n) is 3.02. The van der Waals surface area contributed by atoms with Gasteiger partial charge in [0.2, 0.25) is 0 Å². The molecular weight excluding hydrogens is 300 g/mol. The molecule has 1 amide bonds. The highest BCUT2D eigenvalue weighted by Crippen LogP contribution is 2.18. The van der Waals surface area contributed by atoms with Crippen LogP contribution < -0.4 is 5.32 Å². The van der Waals surface area contributed by atoms with Crippen molar-refractivity contribution in [2.24, 2.45) is 5.92 Å². The number of nitrogens with one attached hydrogen (secondary N) is 1. The van der Waals surface area contributed by atoms with E-state index in [1.165, 1.54) is 12.0 Å². The van der Waals surface area contributed by atoms with E-state index in [0.29, 0.717) is 17.4 Å². The first-order valence-corrected chi connectivity index (χ1v) is 8.64. The number of nitrogens with zero attached hydrogens (tertiary/aromatic N) is 3. The Balaban J connectivity index is 1.65. The van der Waals surface area contributed by atoms with Crippen molar-refractivity contribution in [3.05, 3.63) is 47.7 Å². The maximum absolute atomic E-state index is 12.5. The van der Waals surface area contributed by atoms with Gasteiger partial charge in [0.05, 0.1) is 0 Å². The Morgan fingerprint density at radius 1 is 1.21 bits per heavy atom. The van der Waals surface area contributed by atoms with Crippen LogP contribution in [0.2, 0.25) is 0 Å². The minimum Gasteiger partial charge on any atom is -0.339 e. The lowest BCUT2D eigenvalue weighted by Crippen LogP contribution is -2.39. The van der Waals surface area contributed by atoms with E-state index in [0.717, 1.165) is 31.6 Å². The molecule has 0 radical (unpaired) electrons. The maximum atomic E-state index is 12.5. The van der Waals surface area contributed by atoms with Crippen LogP contribution in [0.3, 0.4) is 0 Å². The number of benzene rings is 1. The Bertz CT molecular complexity index is 682. The summed E-state index contributed by atoms with van der Waals surface area (Å²) in [6.07, 6.45) is 3.27. The number of anilines is 2. The largest absolute Gasteiger partial charge is 0.339 e. The molecular formula is C19H24N4O. The average molecular weight is 324 g/mol. The number of rotatable bonds is 4. The number of piperidine rings is 1. The third kappa shape index (κ3) is 3.91. The van der Waals surface area contributed by atoms with E-state index in [1.807, 2.05) is 17.0 Å². The van der Waals surface area contributed by atoms with Gasteiger partial charge in [-0.1, -0.05) is 26.0 Å². The second-order valence-electron chi connectivity index (χ2n) is 6.48. The van der Waals surface area contributed by atoms with E-state index >= 15 is 0 Å². The van der Waals surface area contributed by atoms with Crippen molar-refractivity contribution in [1.82, 2.24) is 15.1 Å². The van der Waals surface area contributed by atoms with E-state index in [2.05, 4.69) is 41.5 Å². The Morgan fingerprint density at radius 2 is 2.00 bits per heavy atom. The van der Waals surface area contributed by atoms with Crippen molar-refractivity contribution in [1.29, 1.82) is 0 Å². The first-order chi connectivity index (χ1) is 11.7. The van der Waals surface area contributed by atoms with Crippen LogP contribution in [0.4, 0.5) is 11.5 Å². The fourth-order valence-corrected chi connectivity index (χ4v) is 3.02. The van der Waals surface area contributed by atoms with Crippen molar-refractivity contribution in [3.8, 4) is 0 Å². The molecule has 1 fully saturated rings. The summed E-state index contributed by atoms with van der Waals surface area (Å²) < 4.78 is 0. The summed E-state index contributed by atoms with van der Waals surface area (Å²) in [6.45, 7) is 5.94. The number of carbonyl (C=O) groups is 1. The molecule has 24 heavy (non-hydrogen) atoms. The number of carbonyl (C=O) groups excluding carboxylic acids is 1. The molecule has 3 rings (SSSR count). The Hall–Kier alpha value is -2.43. The van der Waals surface area contributed by atoms with Crippen molar-refractivity contribution in [2.75, 3.05) is 18.4 Å². The highest BCUT2D eigenvalue weighted by molar-refractivity contribution is 5.92. The zero-order chi connectivity index (χ0) is 16.9. The minimum atomic E-state index is -0.0205. The van der Waals surface area contributed by atoms with E-state index in [9.17, 15) is 4.79 Å². The molecule has 2 aromatic rings. The normalized spacial score (nSPS) is 17.6. The van der Waals surface area contributed by atoms with Crippen molar-refractivity contribution >= 4 is 17.4 Å². The molecule has 2 heterocycles. The Labute approximate surface area is 143 Å². The molecule has 1 N–H and O–H groups in total.